The number of ether oxygens (including phenoxy) is 1. The van der Waals surface area contributed by atoms with Gasteiger partial charge in [-0.25, -0.2) is 9.97 Å². The lowest BCUT2D eigenvalue weighted by Gasteiger charge is -2.33. The number of nitrogen functional groups attached to an aromatic ring is 1. The zero-order valence-electron chi connectivity index (χ0n) is 17.5. The number of piperidine rings is 1. The van der Waals surface area contributed by atoms with Crippen molar-refractivity contribution in [2.24, 2.45) is 5.73 Å². The van der Waals surface area contributed by atoms with E-state index in [0.717, 1.165) is 42.7 Å². The molecule has 0 amide bonds. The Hall–Kier alpha value is -3.52. The molecule has 31 heavy (non-hydrogen) atoms. The van der Waals surface area contributed by atoms with Gasteiger partial charge in [0.05, 0.1) is 19.0 Å². The van der Waals surface area contributed by atoms with E-state index in [1.54, 1.807) is 25.7 Å². The highest BCUT2D eigenvalue weighted by Gasteiger charge is 2.22. The third-order valence-electron chi connectivity index (χ3n) is 5.48. The number of methoxy groups -OCH3 is 1. The molecule has 1 aromatic carbocycles. The van der Waals surface area contributed by atoms with Crippen LogP contribution in [0.15, 0.2) is 48.9 Å². The molecule has 0 saturated carbocycles. The van der Waals surface area contributed by atoms with Gasteiger partial charge in [-0.15, -0.1) is 0 Å². The van der Waals surface area contributed by atoms with Gasteiger partial charge < -0.3 is 21.1 Å². The van der Waals surface area contributed by atoms with Gasteiger partial charge in [-0.05, 0) is 31.0 Å². The van der Waals surface area contributed by atoms with Gasteiger partial charge in [-0.2, -0.15) is 0 Å². The van der Waals surface area contributed by atoms with Crippen molar-refractivity contribution in [1.29, 1.82) is 0 Å². The average molecular weight is 419 g/mol. The van der Waals surface area contributed by atoms with Crippen LogP contribution in [0.25, 0.3) is 11.3 Å². The van der Waals surface area contributed by atoms with Crippen LogP contribution in [0.1, 0.15) is 28.9 Å². The second kappa shape index (κ2) is 9.09. The van der Waals surface area contributed by atoms with E-state index in [4.69, 9.17) is 16.2 Å². The van der Waals surface area contributed by atoms with E-state index in [1.807, 2.05) is 30.3 Å². The maximum absolute atomic E-state index is 13.2. The number of para-hydroxylation sites is 1. The van der Waals surface area contributed by atoms with Crippen LogP contribution in [0, 0.1) is 0 Å². The summed E-state index contributed by atoms with van der Waals surface area (Å²) in [5, 5.41) is 0. The number of Topliss-reactive ketones (excluding diaryl/α,β-unsaturated/α-hetero) is 1. The van der Waals surface area contributed by atoms with E-state index in [9.17, 15) is 4.79 Å². The molecular weight excluding hydrogens is 392 g/mol. The largest absolute Gasteiger partial charge is 0.496 e. The summed E-state index contributed by atoms with van der Waals surface area (Å²) in [4.78, 5) is 28.4. The summed E-state index contributed by atoms with van der Waals surface area (Å²) in [5.41, 5.74) is 15.4. The van der Waals surface area contributed by atoms with Crippen molar-refractivity contribution in [2.75, 3.05) is 30.8 Å². The van der Waals surface area contributed by atoms with Crippen LogP contribution in [0.4, 0.5) is 11.5 Å². The normalized spacial score (nSPS) is 16.2. The summed E-state index contributed by atoms with van der Waals surface area (Å²) in [6.45, 7) is 1.67. The molecule has 2 aromatic heterocycles. The molecule has 1 aliphatic heterocycles. The molecule has 1 fully saturated rings. The lowest BCUT2D eigenvalue weighted by molar-refractivity contribution is 0.0989. The smallest absolute Gasteiger partial charge is 0.189 e. The second-order valence-electron chi connectivity index (χ2n) is 7.64. The number of aromatic nitrogens is 3. The Morgan fingerprint density at radius 1 is 1.26 bits per heavy atom. The molecule has 0 spiro atoms. The summed E-state index contributed by atoms with van der Waals surface area (Å²) in [5.74, 6) is 0.544. The zero-order chi connectivity index (χ0) is 21.8. The Bertz CT molecular complexity index is 1090. The van der Waals surface area contributed by atoms with E-state index in [0.29, 0.717) is 11.4 Å². The summed E-state index contributed by atoms with van der Waals surface area (Å²) in [7, 11) is 1.59. The first-order valence-electron chi connectivity index (χ1n) is 10.3. The van der Waals surface area contributed by atoms with Crippen molar-refractivity contribution in [3.8, 4) is 17.0 Å². The second-order valence-corrected chi connectivity index (χ2v) is 7.64. The minimum Gasteiger partial charge on any atom is -0.496 e. The lowest BCUT2D eigenvalue weighted by Crippen LogP contribution is -2.43. The van der Waals surface area contributed by atoms with Gasteiger partial charge in [-0.3, -0.25) is 9.78 Å². The topological polar surface area (TPSA) is 120 Å². The summed E-state index contributed by atoms with van der Waals surface area (Å²) in [6, 6.07) is 9.51. The third kappa shape index (κ3) is 4.49. The first-order valence-corrected chi connectivity index (χ1v) is 10.3. The third-order valence-corrected chi connectivity index (χ3v) is 5.48. The minimum atomic E-state index is -0.211. The Labute approximate surface area is 181 Å². The van der Waals surface area contributed by atoms with E-state index in [1.165, 1.54) is 0 Å². The fraction of sp³-hybridized carbons (Fsp3) is 0.304. The standard InChI is InChI=1S/C23H26N6O2/c1-31-21-7-3-2-6-17(21)18-13-27-23(25)22(28-18)20(30)11-15-12-26-9-8-19(15)29-10-4-5-16(24)14-29/h2-3,6-9,12-13,16H,4-5,10-11,14,24H2,1H3,(H2,25,27). The number of carbonyl (C=O) groups excluding carboxylic acids is 1. The number of hydrogen-bond acceptors (Lipinski definition) is 8. The number of ketones is 1. The van der Waals surface area contributed by atoms with Gasteiger partial charge in [0, 0.05) is 54.8 Å². The number of pyridine rings is 1. The van der Waals surface area contributed by atoms with Gasteiger partial charge in [0.15, 0.2) is 11.6 Å². The average Bonchev–Trinajstić information content (AvgIpc) is 2.79. The molecule has 160 valence electrons. The van der Waals surface area contributed by atoms with Gasteiger partial charge in [0.25, 0.3) is 0 Å². The Morgan fingerprint density at radius 3 is 2.90 bits per heavy atom. The first-order chi connectivity index (χ1) is 15.1. The predicted octanol–water partition coefficient (Wildman–Crippen LogP) is 2.48. The van der Waals surface area contributed by atoms with Crippen LogP contribution in [0.3, 0.4) is 0 Å². The van der Waals surface area contributed by atoms with E-state index in [-0.39, 0.29) is 29.8 Å². The molecule has 1 unspecified atom stereocenters. The molecular formula is C23H26N6O2. The zero-order valence-corrected chi connectivity index (χ0v) is 17.5. The Morgan fingerprint density at radius 2 is 2.10 bits per heavy atom. The van der Waals surface area contributed by atoms with Crippen LogP contribution in [0.2, 0.25) is 0 Å². The molecule has 4 N–H and O–H groups in total. The molecule has 3 aromatic rings. The van der Waals surface area contributed by atoms with Crippen LogP contribution >= 0.6 is 0 Å². The molecule has 1 atom stereocenters. The van der Waals surface area contributed by atoms with Gasteiger partial charge in [0.2, 0.25) is 0 Å². The highest BCUT2D eigenvalue weighted by Crippen LogP contribution is 2.29. The molecule has 0 aliphatic carbocycles. The summed E-state index contributed by atoms with van der Waals surface area (Å²) in [6.07, 6.45) is 7.17. The minimum absolute atomic E-state index is 0.106. The van der Waals surface area contributed by atoms with E-state index >= 15 is 0 Å². The van der Waals surface area contributed by atoms with Crippen molar-refractivity contribution in [3.05, 3.63) is 60.2 Å². The van der Waals surface area contributed by atoms with Gasteiger partial charge >= 0.3 is 0 Å². The summed E-state index contributed by atoms with van der Waals surface area (Å²) < 4.78 is 5.41. The number of hydrogen-bond donors (Lipinski definition) is 2. The molecule has 4 rings (SSSR count). The fourth-order valence-electron chi connectivity index (χ4n) is 3.94. The Balaban J connectivity index is 1.63. The van der Waals surface area contributed by atoms with Crippen LogP contribution in [0.5, 0.6) is 5.75 Å². The number of anilines is 2. The SMILES string of the molecule is COc1ccccc1-c1cnc(N)c(C(=O)Cc2cnccc2N2CCCC(N)C2)n1. The van der Waals surface area contributed by atoms with Crippen molar-refractivity contribution in [3.63, 3.8) is 0 Å². The lowest BCUT2D eigenvalue weighted by atomic mass is 10.0. The van der Waals surface area contributed by atoms with Crippen LogP contribution in [-0.2, 0) is 6.42 Å². The fourth-order valence-corrected chi connectivity index (χ4v) is 3.94. The molecule has 1 saturated heterocycles. The summed E-state index contributed by atoms with van der Waals surface area (Å²) >= 11 is 0. The maximum Gasteiger partial charge on any atom is 0.189 e. The highest BCUT2D eigenvalue weighted by atomic mass is 16.5. The Kier molecular flexibility index (Phi) is 6.08. The number of benzene rings is 1. The predicted molar refractivity (Wildman–Crippen MR) is 120 cm³/mol. The molecule has 0 bridgehead atoms. The monoisotopic (exact) mass is 418 g/mol. The van der Waals surface area contributed by atoms with Crippen molar-refractivity contribution >= 4 is 17.3 Å². The maximum atomic E-state index is 13.2. The molecule has 8 heteroatoms. The van der Waals surface area contributed by atoms with E-state index < -0.39 is 0 Å². The van der Waals surface area contributed by atoms with Gasteiger partial charge in [-0.1, -0.05) is 12.1 Å². The number of carbonyl (C=O) groups is 1. The highest BCUT2D eigenvalue weighted by molar-refractivity contribution is 6.00. The number of nitrogens with zero attached hydrogens (tertiary/aromatic N) is 4. The quantitative estimate of drug-likeness (QED) is 0.586. The molecule has 8 nitrogen and oxygen atoms in total. The van der Waals surface area contributed by atoms with Crippen molar-refractivity contribution in [1.82, 2.24) is 15.0 Å². The van der Waals surface area contributed by atoms with Crippen LogP contribution < -0.4 is 21.1 Å². The molecule has 0 radical (unpaired) electrons. The number of nitrogens with two attached hydrogens (primary N) is 2. The molecule has 3 heterocycles. The number of rotatable bonds is 6. The first kappa shape index (κ1) is 20.7. The van der Waals surface area contributed by atoms with Gasteiger partial charge in [0.1, 0.15) is 11.4 Å². The molecule has 1 aliphatic rings. The van der Waals surface area contributed by atoms with Crippen molar-refractivity contribution < 1.29 is 9.53 Å². The van der Waals surface area contributed by atoms with E-state index in [2.05, 4.69) is 19.9 Å². The van der Waals surface area contributed by atoms with Crippen LogP contribution in [-0.4, -0.2) is 47.0 Å². The van der Waals surface area contributed by atoms with Crippen molar-refractivity contribution in [2.45, 2.75) is 25.3 Å².